The number of fused-ring (bicyclic) bond motifs is 1. The van der Waals surface area contributed by atoms with Crippen LogP contribution in [0.3, 0.4) is 0 Å². The number of rotatable bonds is 3. The highest BCUT2D eigenvalue weighted by Crippen LogP contribution is 2.34. The quantitative estimate of drug-likeness (QED) is 0.686. The van der Waals surface area contributed by atoms with Crippen LogP contribution in [0.15, 0.2) is 18.2 Å². The highest BCUT2D eigenvalue weighted by atomic mass is 35.5. The van der Waals surface area contributed by atoms with Crippen molar-refractivity contribution in [3.63, 3.8) is 0 Å². The van der Waals surface area contributed by atoms with Crippen LogP contribution >= 0.6 is 0 Å². The summed E-state index contributed by atoms with van der Waals surface area (Å²) in [6, 6.07) is 6.43. The van der Waals surface area contributed by atoms with Crippen molar-refractivity contribution < 1.29 is 27.6 Å². The molecule has 1 aliphatic heterocycles. The molecular weight excluding hydrogens is 214 g/mol. The van der Waals surface area contributed by atoms with Crippen LogP contribution in [0, 0.1) is 0 Å². The highest BCUT2D eigenvalue weighted by Gasteiger charge is 2.16. The van der Waals surface area contributed by atoms with Gasteiger partial charge in [-0.2, -0.15) is 0 Å². The number of quaternary nitrogens is 1. The zero-order chi connectivity index (χ0) is 9.97. The van der Waals surface area contributed by atoms with E-state index < -0.39 is 0 Å². The number of hydrogen-bond donors (Lipinski definition) is 1. The van der Waals surface area contributed by atoms with Crippen molar-refractivity contribution in [2.24, 2.45) is 0 Å². The van der Waals surface area contributed by atoms with E-state index in [0.717, 1.165) is 24.3 Å². The molecule has 0 amide bonds. The summed E-state index contributed by atoms with van der Waals surface area (Å²) in [4.78, 5) is 0. The van der Waals surface area contributed by atoms with Crippen molar-refractivity contribution in [3.8, 4) is 11.5 Å². The van der Waals surface area contributed by atoms with Gasteiger partial charge in [0.2, 0.25) is 6.79 Å². The Morgan fingerprint density at radius 1 is 1.33 bits per heavy atom. The van der Waals surface area contributed by atoms with Crippen LogP contribution in [0.1, 0.15) is 31.4 Å². The monoisotopic (exact) mass is 229 g/mol. The van der Waals surface area contributed by atoms with Gasteiger partial charge in [0.05, 0.1) is 0 Å². The SMILES string of the molecule is CCC[C@@H]([NH3+])c1ccc2c(c1)OCO2.[Cl-]. The first-order valence-electron chi connectivity index (χ1n) is 5.04. The van der Waals surface area contributed by atoms with Crippen molar-refractivity contribution in [1.82, 2.24) is 0 Å². The maximum absolute atomic E-state index is 5.32. The van der Waals surface area contributed by atoms with Crippen LogP contribution < -0.4 is 27.6 Å². The Bertz CT molecular complexity index is 330. The Kier molecular flexibility index (Phi) is 4.24. The van der Waals surface area contributed by atoms with Gasteiger partial charge in [0, 0.05) is 12.0 Å². The Labute approximate surface area is 96.0 Å². The third-order valence-corrected chi connectivity index (χ3v) is 2.51. The van der Waals surface area contributed by atoms with Crippen molar-refractivity contribution >= 4 is 0 Å². The molecule has 1 aromatic rings. The summed E-state index contributed by atoms with van der Waals surface area (Å²) in [5.74, 6) is 1.70. The molecule has 0 radical (unpaired) electrons. The molecule has 0 bridgehead atoms. The van der Waals surface area contributed by atoms with Gasteiger partial charge in [-0.05, 0) is 18.2 Å². The predicted octanol–water partition coefficient (Wildman–Crippen LogP) is -1.50. The fourth-order valence-electron chi connectivity index (χ4n) is 1.68. The van der Waals surface area contributed by atoms with Gasteiger partial charge in [0.15, 0.2) is 11.5 Å². The van der Waals surface area contributed by atoms with Gasteiger partial charge < -0.3 is 27.6 Å². The molecule has 2 rings (SSSR count). The van der Waals surface area contributed by atoms with Crippen molar-refractivity contribution in [1.29, 1.82) is 0 Å². The molecule has 3 nitrogen and oxygen atoms in total. The van der Waals surface area contributed by atoms with Crippen molar-refractivity contribution in [2.45, 2.75) is 25.8 Å². The molecule has 1 heterocycles. The number of ether oxygens (including phenoxy) is 2. The molecule has 0 unspecified atom stereocenters. The van der Waals surface area contributed by atoms with Crippen molar-refractivity contribution in [3.05, 3.63) is 23.8 Å². The minimum Gasteiger partial charge on any atom is -1.00 e. The van der Waals surface area contributed by atoms with Gasteiger partial charge >= 0.3 is 0 Å². The van der Waals surface area contributed by atoms with Gasteiger partial charge in [-0.3, -0.25) is 0 Å². The lowest BCUT2D eigenvalue weighted by molar-refractivity contribution is -0.428. The average Bonchev–Trinajstić information content (AvgIpc) is 2.64. The molecule has 15 heavy (non-hydrogen) atoms. The molecule has 0 aromatic heterocycles. The molecule has 84 valence electrons. The van der Waals surface area contributed by atoms with E-state index in [4.69, 9.17) is 9.47 Å². The third-order valence-electron chi connectivity index (χ3n) is 2.51. The second kappa shape index (κ2) is 5.24. The van der Waals surface area contributed by atoms with Gasteiger partial charge in [-0.25, -0.2) is 0 Å². The first-order valence-corrected chi connectivity index (χ1v) is 5.04. The number of halogens is 1. The minimum atomic E-state index is 0. The summed E-state index contributed by atoms with van der Waals surface area (Å²) in [5, 5.41) is 0. The van der Waals surface area contributed by atoms with Gasteiger partial charge in [0.25, 0.3) is 0 Å². The van der Waals surface area contributed by atoms with E-state index in [-0.39, 0.29) is 12.4 Å². The first-order chi connectivity index (χ1) is 6.81. The van der Waals surface area contributed by atoms with E-state index in [1.165, 1.54) is 5.56 Å². The number of benzene rings is 1. The maximum Gasteiger partial charge on any atom is 0.231 e. The molecule has 1 atom stereocenters. The zero-order valence-electron chi connectivity index (χ0n) is 8.83. The number of hydrogen-bond acceptors (Lipinski definition) is 2. The summed E-state index contributed by atoms with van der Waals surface area (Å²) in [5.41, 5.74) is 5.36. The fraction of sp³-hybridized carbons (Fsp3) is 0.455. The summed E-state index contributed by atoms with van der Waals surface area (Å²) >= 11 is 0. The predicted molar refractivity (Wildman–Crippen MR) is 53.1 cm³/mol. The highest BCUT2D eigenvalue weighted by molar-refractivity contribution is 5.44. The average molecular weight is 230 g/mol. The largest absolute Gasteiger partial charge is 1.00 e. The van der Waals surface area contributed by atoms with Gasteiger partial charge in [-0.15, -0.1) is 0 Å². The van der Waals surface area contributed by atoms with E-state index in [2.05, 4.69) is 18.7 Å². The fourth-order valence-corrected chi connectivity index (χ4v) is 1.68. The van der Waals surface area contributed by atoms with Gasteiger partial charge in [-0.1, -0.05) is 13.3 Å². The maximum atomic E-state index is 5.32. The summed E-state index contributed by atoms with van der Waals surface area (Å²) in [6.07, 6.45) is 2.27. The molecule has 4 heteroatoms. The van der Waals surface area contributed by atoms with Crippen LogP contribution in [0.2, 0.25) is 0 Å². The molecule has 0 saturated carbocycles. The van der Waals surface area contributed by atoms with E-state index >= 15 is 0 Å². The summed E-state index contributed by atoms with van der Waals surface area (Å²) < 4.78 is 10.6. The molecule has 1 aliphatic rings. The van der Waals surface area contributed by atoms with Crippen LogP contribution in [0.25, 0.3) is 0 Å². The molecule has 3 N–H and O–H groups in total. The smallest absolute Gasteiger partial charge is 0.231 e. The van der Waals surface area contributed by atoms with E-state index in [9.17, 15) is 0 Å². The summed E-state index contributed by atoms with van der Waals surface area (Å²) in [6.45, 7) is 2.51. The topological polar surface area (TPSA) is 46.1 Å². The molecule has 0 spiro atoms. The summed E-state index contributed by atoms with van der Waals surface area (Å²) in [7, 11) is 0. The molecular formula is C11H16ClNO2. The second-order valence-corrected chi connectivity index (χ2v) is 3.60. The normalized spacial score (nSPS) is 14.5. The lowest BCUT2D eigenvalue weighted by Crippen LogP contribution is -3.00. The van der Waals surface area contributed by atoms with Crippen molar-refractivity contribution in [2.75, 3.05) is 6.79 Å². The van der Waals surface area contributed by atoms with Crippen LogP contribution in [0.5, 0.6) is 11.5 Å². The third kappa shape index (κ3) is 2.55. The Morgan fingerprint density at radius 3 is 2.80 bits per heavy atom. The van der Waals surface area contributed by atoms with Crippen LogP contribution in [-0.4, -0.2) is 6.79 Å². The zero-order valence-corrected chi connectivity index (χ0v) is 9.59. The lowest BCUT2D eigenvalue weighted by Gasteiger charge is -2.07. The Hall–Kier alpha value is -0.930. The van der Waals surface area contributed by atoms with Gasteiger partial charge in [0.1, 0.15) is 6.04 Å². The van der Waals surface area contributed by atoms with E-state index in [1.54, 1.807) is 0 Å². The van der Waals surface area contributed by atoms with E-state index in [1.807, 2.05) is 12.1 Å². The van der Waals surface area contributed by atoms with E-state index in [0.29, 0.717) is 12.8 Å². The molecule has 0 saturated heterocycles. The molecule has 0 aliphatic carbocycles. The molecule has 0 fully saturated rings. The minimum absolute atomic E-state index is 0. The Balaban J connectivity index is 0.00000112. The standard InChI is InChI=1S/C11H15NO2.ClH/c1-2-3-9(12)8-4-5-10-11(6-8)14-7-13-10;/h4-6,9H,2-3,7,12H2,1H3;1H/t9-;/m1./s1. The van der Waals surface area contributed by atoms with Crippen LogP contribution in [-0.2, 0) is 0 Å². The second-order valence-electron chi connectivity index (χ2n) is 3.60. The first kappa shape index (κ1) is 12.1. The van der Waals surface area contributed by atoms with Crippen LogP contribution in [0.4, 0.5) is 0 Å². The molecule has 1 aromatic carbocycles. The lowest BCUT2D eigenvalue weighted by atomic mass is 10.0. The Morgan fingerprint density at radius 2 is 2.07 bits per heavy atom.